The highest BCUT2D eigenvalue weighted by Crippen LogP contribution is 2.55. The zero-order valence-electron chi connectivity index (χ0n) is 79.8. The van der Waals surface area contributed by atoms with Crippen LogP contribution in [0.5, 0.6) is 0 Å². The van der Waals surface area contributed by atoms with Gasteiger partial charge >= 0.3 is 0 Å². The SMILES string of the molecule is CCCCCCCCCCCCc1ccc(-c2c(-c3ccccc3)cc(-c3ccc(C)cc3-c3ccc(-c4cc(C)ccc4-c4cc(-c5ccccc5)c(-c5ccc(CCCCCCCCCCCC)cc5)c(-c5ccc(CCCCCCCCCCCC)cc5)c4-c4ccccc4)cc3)c(-c3ccccc3)c2-c2ccc(CCCCCCCCCCCC)cc2)cc1. The summed E-state index contributed by atoms with van der Waals surface area (Å²) in [6, 6.07) is 114. The van der Waals surface area contributed by atoms with Crippen molar-refractivity contribution < 1.29 is 0 Å². The molecule has 13 aromatic rings. The van der Waals surface area contributed by atoms with E-state index >= 15 is 0 Å². The van der Waals surface area contributed by atoms with E-state index in [1.54, 1.807) is 0 Å². The van der Waals surface area contributed by atoms with Crippen molar-refractivity contribution in [3.05, 3.63) is 325 Å². The standard InChI is InChI=1S/C128H154/c1-7-11-15-19-23-27-31-35-39-47-59-101-73-81-111(82-74-101)123-119(105-63-51-43-52-64-105)97-121(125(109-67-55-45-56-68-109)127(123)113-85-77-103(78-86-113)61-49-41-37-33-29-25-21-17-13-9-3)115-93-71-99(5)95-117(115)107-89-91-108(92-90-107)118-96-100(6)72-94-116(118)122-98-120(106-65-53-44-54-66-106)124(112-83-75-102(76-84-112)60-48-40-36-32-28-24-20-16-12-8-2)128(126(122)110-69-57-46-58-70-110)114-87-79-104(80-88-114)62-50-42-38-34-30-26-22-18-14-10-4/h43-46,51-58,63-98H,7-42,47-50,59-62H2,1-6H3. The van der Waals surface area contributed by atoms with Gasteiger partial charge in [-0.15, -0.1) is 0 Å². The van der Waals surface area contributed by atoms with Crippen LogP contribution in [0.3, 0.4) is 0 Å². The molecule has 0 fully saturated rings. The van der Waals surface area contributed by atoms with Gasteiger partial charge < -0.3 is 0 Å². The lowest BCUT2D eigenvalue weighted by molar-refractivity contribution is 0.556. The summed E-state index contributed by atoms with van der Waals surface area (Å²) in [5.41, 5.74) is 37.9. The molecule has 0 aliphatic carbocycles. The summed E-state index contributed by atoms with van der Waals surface area (Å²) in [6.07, 6.45) is 58.2. The highest BCUT2D eigenvalue weighted by Gasteiger charge is 2.29. The summed E-state index contributed by atoms with van der Waals surface area (Å²) >= 11 is 0. The van der Waals surface area contributed by atoms with Crippen LogP contribution in [-0.4, -0.2) is 0 Å². The quantitative estimate of drug-likeness (QED) is 0.0333. The van der Waals surface area contributed by atoms with E-state index in [-0.39, 0.29) is 0 Å². The van der Waals surface area contributed by atoms with Crippen LogP contribution in [0.15, 0.2) is 291 Å². The molecule has 0 aliphatic heterocycles. The van der Waals surface area contributed by atoms with Gasteiger partial charge in [0.2, 0.25) is 0 Å². The summed E-state index contributed by atoms with van der Waals surface area (Å²) in [5.74, 6) is 0. The predicted octanol–water partition coefficient (Wildman–Crippen LogP) is 40.2. The first kappa shape index (κ1) is 95.4. The Balaban J connectivity index is 0.907. The Labute approximate surface area is 776 Å². The van der Waals surface area contributed by atoms with Gasteiger partial charge in [-0.2, -0.15) is 0 Å². The minimum absolute atomic E-state index is 1.10. The van der Waals surface area contributed by atoms with E-state index in [1.165, 1.54) is 424 Å². The average Bonchev–Trinajstić information content (AvgIpc) is 0.734. The van der Waals surface area contributed by atoms with E-state index in [2.05, 4.69) is 333 Å². The summed E-state index contributed by atoms with van der Waals surface area (Å²) < 4.78 is 0. The highest BCUT2D eigenvalue weighted by molar-refractivity contribution is 6.11. The van der Waals surface area contributed by atoms with Crippen LogP contribution in [0.2, 0.25) is 0 Å². The van der Waals surface area contributed by atoms with Crippen LogP contribution in [0.25, 0.3) is 134 Å². The molecule has 0 nitrogen and oxygen atoms in total. The zero-order valence-corrected chi connectivity index (χ0v) is 79.8. The molecular formula is C128H154. The van der Waals surface area contributed by atoms with Gasteiger partial charge in [0.05, 0.1) is 0 Å². The van der Waals surface area contributed by atoms with E-state index in [1.807, 2.05) is 0 Å². The zero-order chi connectivity index (χ0) is 88.4. The van der Waals surface area contributed by atoms with E-state index in [0.717, 1.165) is 25.7 Å². The lowest BCUT2D eigenvalue weighted by Gasteiger charge is -2.26. The molecule has 0 heteroatoms. The molecule has 0 bridgehead atoms. The maximum Gasteiger partial charge on any atom is -0.00143 e. The van der Waals surface area contributed by atoms with Crippen LogP contribution in [0, 0.1) is 13.8 Å². The Hall–Kier alpha value is -10.1. The van der Waals surface area contributed by atoms with Crippen molar-refractivity contribution in [2.45, 2.75) is 324 Å². The molecule has 128 heavy (non-hydrogen) atoms. The van der Waals surface area contributed by atoms with Crippen molar-refractivity contribution in [2.75, 3.05) is 0 Å². The molecule has 0 unspecified atom stereocenters. The number of rotatable bonds is 56. The fraction of sp³-hybridized carbons (Fsp3) is 0.391. The fourth-order valence-corrected chi connectivity index (χ4v) is 20.2. The van der Waals surface area contributed by atoms with Crippen molar-refractivity contribution in [1.29, 1.82) is 0 Å². The van der Waals surface area contributed by atoms with Crippen molar-refractivity contribution in [1.82, 2.24) is 0 Å². The monoisotopic (exact) mass is 1690 g/mol. The molecular weight excluding hydrogens is 1540 g/mol. The second kappa shape index (κ2) is 53.1. The van der Waals surface area contributed by atoms with Gasteiger partial charge in [0.1, 0.15) is 0 Å². The van der Waals surface area contributed by atoms with Gasteiger partial charge in [-0.05, 0) is 233 Å². The van der Waals surface area contributed by atoms with Gasteiger partial charge in [-0.1, -0.05) is 549 Å². The maximum absolute atomic E-state index is 2.58. The Bertz CT molecular complexity index is 5000. The first-order valence-corrected chi connectivity index (χ1v) is 51.6. The van der Waals surface area contributed by atoms with Crippen LogP contribution >= 0.6 is 0 Å². The van der Waals surface area contributed by atoms with Crippen molar-refractivity contribution in [2.24, 2.45) is 0 Å². The molecule has 0 amide bonds. The summed E-state index contributed by atoms with van der Waals surface area (Å²) in [4.78, 5) is 0. The highest BCUT2D eigenvalue weighted by atomic mass is 14.3. The third kappa shape index (κ3) is 27.9. The molecule has 0 spiro atoms. The van der Waals surface area contributed by atoms with E-state index in [9.17, 15) is 0 Å². The third-order valence-corrected chi connectivity index (χ3v) is 27.6. The topological polar surface area (TPSA) is 0 Å². The van der Waals surface area contributed by atoms with Gasteiger partial charge in [-0.3, -0.25) is 0 Å². The van der Waals surface area contributed by atoms with Crippen LogP contribution in [-0.2, 0) is 25.7 Å². The molecule has 0 N–H and O–H groups in total. The number of hydrogen-bond acceptors (Lipinski definition) is 0. The Morgan fingerprint density at radius 2 is 0.320 bits per heavy atom. The van der Waals surface area contributed by atoms with Crippen molar-refractivity contribution in [3.63, 3.8) is 0 Å². The molecule has 0 saturated heterocycles. The lowest BCUT2D eigenvalue weighted by atomic mass is 9.77. The number of unbranched alkanes of at least 4 members (excludes halogenated alkanes) is 36. The van der Waals surface area contributed by atoms with Crippen molar-refractivity contribution >= 4 is 0 Å². The summed E-state index contributed by atoms with van der Waals surface area (Å²) in [5, 5.41) is 0. The molecule has 0 atom stereocenters. The summed E-state index contributed by atoms with van der Waals surface area (Å²) in [6.45, 7) is 13.8. The van der Waals surface area contributed by atoms with Gasteiger partial charge in [0, 0.05) is 0 Å². The van der Waals surface area contributed by atoms with E-state index in [4.69, 9.17) is 0 Å². The maximum atomic E-state index is 2.58. The third-order valence-electron chi connectivity index (χ3n) is 27.6. The first-order chi connectivity index (χ1) is 63.3. The Morgan fingerprint density at radius 1 is 0.133 bits per heavy atom. The predicted molar refractivity (Wildman–Crippen MR) is 563 cm³/mol. The van der Waals surface area contributed by atoms with Gasteiger partial charge in [0.15, 0.2) is 0 Å². The second-order valence-corrected chi connectivity index (χ2v) is 37.8. The van der Waals surface area contributed by atoms with Gasteiger partial charge in [-0.25, -0.2) is 0 Å². The first-order valence-electron chi connectivity index (χ1n) is 51.6. The van der Waals surface area contributed by atoms with Crippen LogP contribution < -0.4 is 0 Å². The number of hydrogen-bond donors (Lipinski definition) is 0. The molecule has 13 aromatic carbocycles. The molecule has 0 saturated carbocycles. The molecule has 0 radical (unpaired) electrons. The molecule has 13 rings (SSSR count). The average molecular weight is 1690 g/mol. The minimum atomic E-state index is 1.10. The largest absolute Gasteiger partial charge is 0.0654 e. The normalized spacial score (nSPS) is 11.5. The number of benzene rings is 13. The number of aryl methyl sites for hydroxylation is 6. The van der Waals surface area contributed by atoms with Crippen LogP contribution in [0.1, 0.15) is 318 Å². The van der Waals surface area contributed by atoms with Gasteiger partial charge in [0.25, 0.3) is 0 Å². The Kier molecular flexibility index (Phi) is 39.6. The van der Waals surface area contributed by atoms with E-state index in [0.29, 0.717) is 0 Å². The second-order valence-electron chi connectivity index (χ2n) is 37.8. The van der Waals surface area contributed by atoms with Crippen LogP contribution in [0.4, 0.5) is 0 Å². The lowest BCUT2D eigenvalue weighted by Crippen LogP contribution is -2.00. The molecule has 0 heterocycles. The fourth-order valence-electron chi connectivity index (χ4n) is 20.2. The molecule has 666 valence electrons. The van der Waals surface area contributed by atoms with E-state index < -0.39 is 0 Å². The molecule has 0 aromatic heterocycles. The van der Waals surface area contributed by atoms with Crippen molar-refractivity contribution in [3.8, 4) is 134 Å². The minimum Gasteiger partial charge on any atom is -0.0654 e. The Morgan fingerprint density at radius 3 is 0.562 bits per heavy atom. The molecule has 0 aliphatic rings. The smallest absolute Gasteiger partial charge is 0.00143 e. The summed E-state index contributed by atoms with van der Waals surface area (Å²) in [7, 11) is 0.